The topological polar surface area (TPSA) is 79.2 Å². The molecule has 1 saturated carbocycles. The summed E-state index contributed by atoms with van der Waals surface area (Å²) in [4.78, 5) is 12.2. The number of rotatable bonds is 5. The number of aromatic nitrogens is 2. The highest BCUT2D eigenvalue weighted by Gasteiger charge is 2.25. The van der Waals surface area contributed by atoms with Crippen LogP contribution in [0.3, 0.4) is 0 Å². The molecular weight excluding hydrogens is 324 g/mol. The van der Waals surface area contributed by atoms with Crippen LogP contribution in [0.5, 0.6) is 0 Å². The molecule has 3 rings (SSSR count). The van der Waals surface area contributed by atoms with E-state index in [0.717, 1.165) is 18.4 Å². The molecule has 2 aromatic heterocycles. The van der Waals surface area contributed by atoms with Crippen molar-refractivity contribution in [3.05, 3.63) is 34.7 Å². The predicted molar refractivity (Wildman–Crippen MR) is 95.3 cm³/mol. The van der Waals surface area contributed by atoms with Crippen molar-refractivity contribution >= 4 is 23.2 Å². The van der Waals surface area contributed by atoms with Gasteiger partial charge in [-0.05, 0) is 42.2 Å². The molecule has 1 atom stereocenters. The molecule has 2 aromatic rings. The van der Waals surface area contributed by atoms with Gasteiger partial charge in [0.15, 0.2) is 0 Å². The second kappa shape index (κ2) is 7.36. The van der Waals surface area contributed by atoms with E-state index < -0.39 is 5.60 Å². The molecule has 3 N–H and O–H groups in total. The predicted octanol–water partition coefficient (Wildman–Crippen LogP) is 3.48. The number of thiophene rings is 1. The summed E-state index contributed by atoms with van der Waals surface area (Å²) in [5.41, 5.74) is -0.277. The van der Waals surface area contributed by atoms with E-state index in [1.54, 1.807) is 13.1 Å². The Morgan fingerprint density at radius 3 is 2.92 bits per heavy atom. The molecule has 0 saturated heterocycles. The number of nitrogens with one attached hydrogen (secondary N) is 2. The first-order chi connectivity index (χ1) is 11.6. The van der Waals surface area contributed by atoms with Gasteiger partial charge in [-0.15, -0.1) is 0 Å². The molecule has 24 heavy (non-hydrogen) atoms. The number of hydrogen-bond donors (Lipinski definition) is 3. The van der Waals surface area contributed by atoms with Crippen LogP contribution in [-0.2, 0) is 5.60 Å². The smallest absolute Gasteiger partial charge is 0.320 e. The normalized spacial score (nSPS) is 18.1. The molecule has 1 fully saturated rings. The Labute approximate surface area is 145 Å². The van der Waals surface area contributed by atoms with Gasteiger partial charge in [-0.25, -0.2) is 9.48 Å². The standard InChI is InChI=1S/C17H24N4O2S/c1-17(23,13-8-10-24-11-13)12-18-16(22)20-15-7-9-19-21(15)14-5-3-2-4-6-14/h7-11,14,23H,2-6,12H2,1H3,(H2,18,20,22). The lowest BCUT2D eigenvalue weighted by Crippen LogP contribution is -2.40. The van der Waals surface area contributed by atoms with Crippen molar-refractivity contribution < 1.29 is 9.90 Å². The minimum atomic E-state index is -1.08. The average molecular weight is 348 g/mol. The number of carbonyl (C=O) groups is 1. The Hall–Kier alpha value is -1.86. The van der Waals surface area contributed by atoms with Crippen LogP contribution < -0.4 is 10.6 Å². The van der Waals surface area contributed by atoms with E-state index in [1.165, 1.54) is 30.6 Å². The van der Waals surface area contributed by atoms with Crippen molar-refractivity contribution in [3.8, 4) is 0 Å². The van der Waals surface area contributed by atoms with Gasteiger partial charge in [-0.1, -0.05) is 19.3 Å². The van der Waals surface area contributed by atoms with Crippen LogP contribution in [0.1, 0.15) is 50.6 Å². The summed E-state index contributed by atoms with van der Waals surface area (Å²) in [6, 6.07) is 3.70. The van der Waals surface area contributed by atoms with Crippen LogP contribution in [0.4, 0.5) is 10.6 Å². The number of anilines is 1. The van der Waals surface area contributed by atoms with Gasteiger partial charge in [-0.2, -0.15) is 16.4 Å². The zero-order valence-electron chi connectivity index (χ0n) is 13.9. The van der Waals surface area contributed by atoms with Gasteiger partial charge in [0.1, 0.15) is 11.4 Å². The van der Waals surface area contributed by atoms with Crippen LogP contribution in [0.15, 0.2) is 29.1 Å². The van der Waals surface area contributed by atoms with Crippen LogP contribution in [0.25, 0.3) is 0 Å². The zero-order chi connectivity index (χ0) is 17.0. The summed E-state index contributed by atoms with van der Waals surface area (Å²) < 4.78 is 1.91. The molecule has 6 nitrogen and oxygen atoms in total. The van der Waals surface area contributed by atoms with Gasteiger partial charge in [0.2, 0.25) is 0 Å². The molecular formula is C17H24N4O2S. The molecule has 1 aliphatic carbocycles. The van der Waals surface area contributed by atoms with Gasteiger partial charge in [0.05, 0.1) is 18.8 Å². The minimum Gasteiger partial charge on any atom is -0.384 e. The second-order valence-electron chi connectivity index (χ2n) is 6.55. The first-order valence-electron chi connectivity index (χ1n) is 8.40. The monoisotopic (exact) mass is 348 g/mol. The quantitative estimate of drug-likeness (QED) is 0.774. The summed E-state index contributed by atoms with van der Waals surface area (Å²) in [7, 11) is 0. The number of nitrogens with zero attached hydrogens (tertiary/aromatic N) is 2. The molecule has 2 amide bonds. The minimum absolute atomic E-state index is 0.146. The lowest BCUT2D eigenvalue weighted by molar-refractivity contribution is 0.0604. The van der Waals surface area contributed by atoms with E-state index in [2.05, 4.69) is 15.7 Å². The Kier molecular flexibility index (Phi) is 5.20. The van der Waals surface area contributed by atoms with Crippen LogP contribution in [0, 0.1) is 0 Å². The first kappa shape index (κ1) is 17.0. The van der Waals surface area contributed by atoms with E-state index in [4.69, 9.17) is 0 Å². The number of amides is 2. The van der Waals surface area contributed by atoms with E-state index >= 15 is 0 Å². The SMILES string of the molecule is CC(O)(CNC(=O)Nc1ccnn1C1CCCCC1)c1ccsc1. The molecule has 0 radical (unpaired) electrons. The molecule has 2 heterocycles. The third kappa shape index (κ3) is 3.96. The fourth-order valence-electron chi connectivity index (χ4n) is 3.12. The summed E-state index contributed by atoms with van der Waals surface area (Å²) in [5.74, 6) is 0.703. The van der Waals surface area contributed by atoms with E-state index in [1.807, 2.05) is 27.6 Å². The van der Waals surface area contributed by atoms with Gasteiger partial charge in [-0.3, -0.25) is 5.32 Å². The summed E-state index contributed by atoms with van der Waals surface area (Å²) in [6.45, 7) is 1.84. The Morgan fingerprint density at radius 2 is 2.21 bits per heavy atom. The van der Waals surface area contributed by atoms with E-state index in [9.17, 15) is 9.90 Å². The Bertz CT molecular complexity index is 660. The van der Waals surface area contributed by atoms with Crippen molar-refractivity contribution in [2.24, 2.45) is 0 Å². The molecule has 1 unspecified atom stereocenters. The highest BCUT2D eigenvalue weighted by Crippen LogP contribution is 2.29. The lowest BCUT2D eigenvalue weighted by atomic mass is 9.96. The molecule has 0 aromatic carbocycles. The van der Waals surface area contributed by atoms with Crippen molar-refractivity contribution in [2.75, 3.05) is 11.9 Å². The highest BCUT2D eigenvalue weighted by atomic mass is 32.1. The fraction of sp³-hybridized carbons (Fsp3) is 0.529. The largest absolute Gasteiger partial charge is 0.384 e. The summed E-state index contributed by atoms with van der Waals surface area (Å²) in [5, 5.41) is 24.2. The lowest BCUT2D eigenvalue weighted by Gasteiger charge is -2.25. The Balaban J connectivity index is 1.57. The summed E-state index contributed by atoms with van der Waals surface area (Å²) >= 11 is 1.52. The van der Waals surface area contributed by atoms with Gasteiger partial charge < -0.3 is 10.4 Å². The first-order valence-corrected chi connectivity index (χ1v) is 9.34. The van der Waals surface area contributed by atoms with Gasteiger partial charge in [0, 0.05) is 6.07 Å². The maximum Gasteiger partial charge on any atom is 0.320 e. The number of hydrogen-bond acceptors (Lipinski definition) is 4. The highest BCUT2D eigenvalue weighted by molar-refractivity contribution is 7.08. The molecule has 130 valence electrons. The molecule has 0 aliphatic heterocycles. The maximum absolute atomic E-state index is 12.2. The van der Waals surface area contributed by atoms with Crippen LogP contribution in [0.2, 0.25) is 0 Å². The fourth-order valence-corrected chi connectivity index (χ4v) is 3.90. The third-order valence-electron chi connectivity index (χ3n) is 4.57. The van der Waals surface area contributed by atoms with Gasteiger partial charge in [0.25, 0.3) is 0 Å². The van der Waals surface area contributed by atoms with Crippen molar-refractivity contribution in [3.63, 3.8) is 0 Å². The van der Waals surface area contributed by atoms with Gasteiger partial charge >= 0.3 is 6.03 Å². The van der Waals surface area contributed by atoms with Crippen molar-refractivity contribution in [2.45, 2.75) is 50.7 Å². The number of urea groups is 1. The number of aliphatic hydroxyl groups is 1. The maximum atomic E-state index is 12.2. The molecule has 7 heteroatoms. The molecule has 1 aliphatic rings. The number of carbonyl (C=O) groups excluding carboxylic acids is 1. The second-order valence-corrected chi connectivity index (χ2v) is 7.33. The van der Waals surface area contributed by atoms with Crippen molar-refractivity contribution in [1.82, 2.24) is 15.1 Å². The Morgan fingerprint density at radius 1 is 1.42 bits per heavy atom. The zero-order valence-corrected chi connectivity index (χ0v) is 14.7. The van der Waals surface area contributed by atoms with Crippen LogP contribution >= 0.6 is 11.3 Å². The van der Waals surface area contributed by atoms with Crippen molar-refractivity contribution in [1.29, 1.82) is 0 Å². The van der Waals surface area contributed by atoms with E-state index in [0.29, 0.717) is 11.9 Å². The average Bonchev–Trinajstić information content (AvgIpc) is 3.26. The van der Waals surface area contributed by atoms with Crippen LogP contribution in [-0.4, -0.2) is 27.5 Å². The summed E-state index contributed by atoms with van der Waals surface area (Å²) in [6.07, 6.45) is 7.61. The van der Waals surface area contributed by atoms with E-state index in [-0.39, 0.29) is 12.6 Å². The third-order valence-corrected chi connectivity index (χ3v) is 5.25. The molecule has 0 spiro atoms. The molecule has 0 bridgehead atoms.